The maximum atomic E-state index is 6.47. The Morgan fingerprint density at radius 1 is 1.33 bits per heavy atom. The summed E-state index contributed by atoms with van der Waals surface area (Å²) >= 11 is 26.1. The molecule has 130 valence electrons. The van der Waals surface area contributed by atoms with Crippen molar-refractivity contribution in [3.63, 3.8) is 0 Å². The summed E-state index contributed by atoms with van der Waals surface area (Å²) in [4.78, 5) is 0. The summed E-state index contributed by atoms with van der Waals surface area (Å²) in [5, 5.41) is 7.46. The molecule has 0 saturated carbocycles. The first-order valence-electron chi connectivity index (χ1n) is 7.24. The van der Waals surface area contributed by atoms with Crippen molar-refractivity contribution >= 4 is 63.8 Å². The van der Waals surface area contributed by atoms with Crippen LogP contribution in [0.2, 0.25) is 15.1 Å². The second kappa shape index (κ2) is 8.28. The van der Waals surface area contributed by atoms with E-state index in [0.29, 0.717) is 32.4 Å². The summed E-state index contributed by atoms with van der Waals surface area (Å²) in [6.45, 7) is 4.36. The summed E-state index contributed by atoms with van der Waals surface area (Å²) in [6, 6.07) is 3.58. The first-order valence-corrected chi connectivity index (χ1v) is 10.0. The van der Waals surface area contributed by atoms with Crippen LogP contribution in [0.3, 0.4) is 0 Å². The second-order valence-corrected chi connectivity index (χ2v) is 7.51. The zero-order valence-corrected chi connectivity index (χ0v) is 17.6. The van der Waals surface area contributed by atoms with Crippen LogP contribution in [0.1, 0.15) is 25.3 Å². The number of hydrogen-bond acceptors (Lipinski definition) is 4. The van der Waals surface area contributed by atoms with Crippen LogP contribution in [0.5, 0.6) is 0 Å². The molecule has 0 bridgehead atoms. The molecule has 1 aromatic heterocycles. The molecule has 1 unspecified atom stereocenters. The third kappa shape index (κ3) is 3.86. The summed E-state index contributed by atoms with van der Waals surface area (Å²) < 4.78 is 7.18. The lowest BCUT2D eigenvalue weighted by atomic mass is 9.98. The van der Waals surface area contributed by atoms with Crippen LogP contribution in [-0.2, 0) is 11.8 Å². The monoisotopic (exact) mass is 422 g/mol. The molecule has 3 nitrogen and oxygen atoms in total. The van der Waals surface area contributed by atoms with Gasteiger partial charge < -0.3 is 4.74 Å². The quantitative estimate of drug-likeness (QED) is 0.420. The number of aromatic nitrogens is 2. The van der Waals surface area contributed by atoms with E-state index in [2.05, 4.69) is 5.10 Å². The van der Waals surface area contributed by atoms with Gasteiger partial charge in [-0.2, -0.15) is 5.10 Å². The fraction of sp³-hybridized carbons (Fsp3) is 0.375. The molecule has 0 aliphatic carbocycles. The average molecular weight is 424 g/mol. The van der Waals surface area contributed by atoms with Crippen molar-refractivity contribution in [3.8, 4) is 11.3 Å². The van der Waals surface area contributed by atoms with Crippen LogP contribution in [0.25, 0.3) is 11.3 Å². The van der Waals surface area contributed by atoms with Crippen LogP contribution >= 0.6 is 58.8 Å². The molecular weight excluding hydrogens is 407 g/mol. The van der Waals surface area contributed by atoms with E-state index in [1.807, 2.05) is 33.2 Å². The van der Waals surface area contributed by atoms with E-state index in [9.17, 15) is 0 Å². The largest absolute Gasteiger partial charge is 0.487 e. The fourth-order valence-corrected chi connectivity index (χ4v) is 4.31. The minimum atomic E-state index is -0.147. The Labute approximate surface area is 166 Å². The van der Waals surface area contributed by atoms with Crippen molar-refractivity contribution in [1.29, 1.82) is 0 Å². The van der Waals surface area contributed by atoms with Gasteiger partial charge in [0.1, 0.15) is 15.7 Å². The third-order valence-electron chi connectivity index (χ3n) is 3.58. The summed E-state index contributed by atoms with van der Waals surface area (Å²) in [5.74, 6) is -0.147. The number of thiocarbonyl (C=S) groups is 1. The summed E-state index contributed by atoms with van der Waals surface area (Å²) in [6.07, 6.45) is 1.95. The van der Waals surface area contributed by atoms with Crippen LogP contribution < -0.4 is 0 Å². The fourth-order valence-electron chi connectivity index (χ4n) is 2.35. The SMILES string of the molecule is CCOC(=S)C(C)c1cc(-c2nn(C)c(SC)c2Cl)c(Cl)cc1Cl. The minimum Gasteiger partial charge on any atom is -0.487 e. The number of aryl methyl sites for hydroxylation is 1. The van der Waals surface area contributed by atoms with Crippen molar-refractivity contribution < 1.29 is 4.74 Å². The molecule has 0 radical (unpaired) electrons. The zero-order chi connectivity index (χ0) is 18.0. The van der Waals surface area contributed by atoms with E-state index in [0.717, 1.165) is 16.2 Å². The van der Waals surface area contributed by atoms with Gasteiger partial charge in [0, 0.05) is 17.6 Å². The number of ether oxygens (including phenoxy) is 1. The van der Waals surface area contributed by atoms with E-state index in [1.54, 1.807) is 10.7 Å². The highest BCUT2D eigenvalue weighted by Gasteiger charge is 2.22. The smallest absolute Gasteiger partial charge is 0.166 e. The average Bonchev–Trinajstić information content (AvgIpc) is 2.81. The molecule has 0 spiro atoms. The molecule has 1 atom stereocenters. The Hall–Kier alpha value is -0.460. The molecule has 0 amide bonds. The summed E-state index contributed by atoms with van der Waals surface area (Å²) in [7, 11) is 1.85. The lowest BCUT2D eigenvalue weighted by Crippen LogP contribution is -2.11. The van der Waals surface area contributed by atoms with Crippen molar-refractivity contribution in [2.75, 3.05) is 12.9 Å². The van der Waals surface area contributed by atoms with Crippen molar-refractivity contribution in [2.45, 2.75) is 24.8 Å². The number of nitrogens with zero attached hydrogens (tertiary/aromatic N) is 2. The van der Waals surface area contributed by atoms with E-state index in [4.69, 9.17) is 51.8 Å². The van der Waals surface area contributed by atoms with E-state index in [-0.39, 0.29) is 5.92 Å². The first-order chi connectivity index (χ1) is 11.3. The maximum Gasteiger partial charge on any atom is 0.166 e. The van der Waals surface area contributed by atoms with Gasteiger partial charge in [-0.25, -0.2) is 0 Å². The Morgan fingerprint density at radius 2 is 2.00 bits per heavy atom. The van der Waals surface area contributed by atoms with Gasteiger partial charge in [0.2, 0.25) is 0 Å². The highest BCUT2D eigenvalue weighted by atomic mass is 35.5. The van der Waals surface area contributed by atoms with E-state index < -0.39 is 0 Å². The molecule has 0 aliphatic rings. The van der Waals surface area contributed by atoms with Crippen molar-refractivity contribution in [3.05, 3.63) is 32.8 Å². The number of halogens is 3. The second-order valence-electron chi connectivity index (χ2n) is 5.12. The Bertz CT molecular complexity index is 777. The Kier molecular flexibility index (Phi) is 6.85. The Morgan fingerprint density at radius 3 is 2.54 bits per heavy atom. The predicted octanol–water partition coefficient (Wildman–Crippen LogP) is 6.24. The molecule has 2 aromatic rings. The lowest BCUT2D eigenvalue weighted by molar-refractivity contribution is 0.323. The van der Waals surface area contributed by atoms with Crippen molar-refractivity contribution in [1.82, 2.24) is 9.78 Å². The van der Waals surface area contributed by atoms with Crippen LogP contribution in [0.15, 0.2) is 17.2 Å². The minimum absolute atomic E-state index is 0.147. The van der Waals surface area contributed by atoms with Gasteiger partial charge in [-0.15, -0.1) is 11.8 Å². The lowest BCUT2D eigenvalue weighted by Gasteiger charge is -2.17. The number of rotatable bonds is 5. The third-order valence-corrected chi connectivity index (χ3v) is 6.02. The van der Waals surface area contributed by atoms with Gasteiger partial charge >= 0.3 is 0 Å². The van der Waals surface area contributed by atoms with Gasteiger partial charge in [0.15, 0.2) is 5.05 Å². The van der Waals surface area contributed by atoms with Crippen LogP contribution in [0, 0.1) is 0 Å². The molecule has 0 saturated heterocycles. The highest BCUT2D eigenvalue weighted by Crippen LogP contribution is 2.41. The summed E-state index contributed by atoms with van der Waals surface area (Å²) in [5.41, 5.74) is 2.19. The molecule has 0 N–H and O–H groups in total. The molecule has 8 heteroatoms. The van der Waals surface area contributed by atoms with Gasteiger partial charge in [-0.1, -0.05) is 41.7 Å². The molecule has 1 heterocycles. The van der Waals surface area contributed by atoms with Gasteiger partial charge in [-0.05, 0) is 43.1 Å². The molecule has 0 aliphatic heterocycles. The predicted molar refractivity (Wildman–Crippen MR) is 108 cm³/mol. The van der Waals surface area contributed by atoms with Gasteiger partial charge in [0.25, 0.3) is 0 Å². The zero-order valence-electron chi connectivity index (χ0n) is 13.7. The number of hydrogen-bond donors (Lipinski definition) is 0. The number of thioether (sulfide) groups is 1. The maximum absolute atomic E-state index is 6.47. The van der Waals surface area contributed by atoms with Crippen LogP contribution in [0.4, 0.5) is 0 Å². The molecular formula is C16H17Cl3N2OS2. The van der Waals surface area contributed by atoms with E-state index >= 15 is 0 Å². The normalized spacial score (nSPS) is 12.3. The molecule has 1 aromatic carbocycles. The highest BCUT2D eigenvalue weighted by molar-refractivity contribution is 7.98. The topological polar surface area (TPSA) is 27.1 Å². The van der Waals surface area contributed by atoms with E-state index in [1.165, 1.54) is 11.8 Å². The Balaban J connectivity index is 2.57. The number of benzene rings is 1. The van der Waals surface area contributed by atoms with Crippen molar-refractivity contribution in [2.24, 2.45) is 7.05 Å². The van der Waals surface area contributed by atoms with Gasteiger partial charge in [-0.3, -0.25) is 4.68 Å². The standard InChI is InChI=1S/C16H17Cl3N2OS2/c1-5-22-16(23)8(2)9-6-10(12(18)7-11(9)17)14-13(19)15(24-4)21(3)20-14/h6-8H,5H2,1-4H3. The van der Waals surface area contributed by atoms with Crippen LogP contribution in [-0.4, -0.2) is 27.7 Å². The molecule has 24 heavy (non-hydrogen) atoms. The molecule has 0 fully saturated rings. The molecule has 2 rings (SSSR count). The first kappa shape index (κ1) is 19.9. The van der Waals surface area contributed by atoms with Gasteiger partial charge in [0.05, 0.1) is 17.5 Å².